The van der Waals surface area contributed by atoms with Gasteiger partial charge in [-0.25, -0.2) is 4.39 Å². The maximum Gasteiger partial charge on any atom is 0.253 e. The Morgan fingerprint density at radius 1 is 1.59 bits per heavy atom. The average Bonchev–Trinajstić information content (AvgIpc) is 2.26. The van der Waals surface area contributed by atoms with E-state index in [2.05, 4.69) is 11.4 Å². The highest BCUT2D eigenvalue weighted by Crippen LogP contribution is 2.15. The summed E-state index contributed by atoms with van der Waals surface area (Å²) in [5.74, 6) is -0.901. The van der Waals surface area contributed by atoms with Gasteiger partial charge in [0, 0.05) is 12.2 Å². The highest BCUT2D eigenvalue weighted by atomic mass is 19.1. The molecule has 0 fully saturated rings. The minimum Gasteiger partial charge on any atom is -0.398 e. The van der Waals surface area contributed by atoms with Gasteiger partial charge < -0.3 is 11.1 Å². The summed E-state index contributed by atoms with van der Waals surface area (Å²) >= 11 is 0. The van der Waals surface area contributed by atoms with Crippen molar-refractivity contribution in [3.63, 3.8) is 0 Å². The Morgan fingerprint density at radius 2 is 2.24 bits per heavy atom. The fraction of sp³-hybridized carbons (Fsp3) is 0.333. The number of benzene rings is 1. The molecule has 5 heteroatoms. The quantitative estimate of drug-likeness (QED) is 0.782. The van der Waals surface area contributed by atoms with E-state index in [9.17, 15) is 9.18 Å². The van der Waals surface area contributed by atoms with Gasteiger partial charge in [-0.15, -0.1) is 0 Å². The summed E-state index contributed by atoms with van der Waals surface area (Å²) in [5.41, 5.74) is 5.17. The number of nitrogens with one attached hydrogen (secondary N) is 1. The molecule has 4 nitrogen and oxygen atoms in total. The molecule has 0 aliphatic carbocycles. The van der Waals surface area contributed by atoms with Gasteiger partial charge in [0.1, 0.15) is 5.82 Å². The van der Waals surface area contributed by atoms with Gasteiger partial charge in [0.2, 0.25) is 0 Å². The minimum absolute atomic E-state index is 0.0808. The molecule has 0 radical (unpaired) electrons. The van der Waals surface area contributed by atoms with Crippen LogP contribution in [-0.4, -0.2) is 12.5 Å². The molecule has 0 bridgehead atoms. The summed E-state index contributed by atoms with van der Waals surface area (Å²) in [7, 11) is 0. The van der Waals surface area contributed by atoms with Crippen molar-refractivity contribution in [3.05, 3.63) is 29.6 Å². The summed E-state index contributed by atoms with van der Waals surface area (Å²) in [6.45, 7) is 3.63. The summed E-state index contributed by atoms with van der Waals surface area (Å²) in [5, 5.41) is 11.4. The van der Waals surface area contributed by atoms with Crippen molar-refractivity contribution >= 4 is 11.6 Å². The lowest BCUT2D eigenvalue weighted by molar-refractivity contribution is 0.0944. The van der Waals surface area contributed by atoms with E-state index < -0.39 is 17.1 Å². The molecule has 0 aliphatic heterocycles. The van der Waals surface area contributed by atoms with E-state index in [0.29, 0.717) is 0 Å². The number of nitrogen functional groups attached to an aromatic ring is 1. The summed E-state index contributed by atoms with van der Waals surface area (Å²) < 4.78 is 12.8. The van der Waals surface area contributed by atoms with Crippen LogP contribution in [0.15, 0.2) is 18.2 Å². The van der Waals surface area contributed by atoms with E-state index in [1.54, 1.807) is 13.8 Å². The predicted molar refractivity (Wildman–Crippen MR) is 62.5 cm³/mol. The molecular weight excluding hydrogens is 221 g/mol. The Labute approximate surface area is 99.2 Å². The fourth-order valence-electron chi connectivity index (χ4n) is 1.18. The Bertz CT molecular complexity index is 477. The molecule has 0 atom stereocenters. The van der Waals surface area contributed by atoms with Crippen LogP contribution in [-0.2, 0) is 0 Å². The third kappa shape index (κ3) is 3.45. The third-order valence-electron chi connectivity index (χ3n) is 2.25. The average molecular weight is 235 g/mol. The van der Waals surface area contributed by atoms with Crippen LogP contribution in [0, 0.1) is 22.6 Å². The molecule has 0 unspecified atom stereocenters. The Morgan fingerprint density at radius 3 is 2.76 bits per heavy atom. The van der Waals surface area contributed by atoms with Gasteiger partial charge >= 0.3 is 0 Å². The third-order valence-corrected chi connectivity index (χ3v) is 2.25. The van der Waals surface area contributed by atoms with Crippen molar-refractivity contribution < 1.29 is 9.18 Å². The van der Waals surface area contributed by atoms with E-state index in [0.717, 1.165) is 6.07 Å². The van der Waals surface area contributed by atoms with Crippen LogP contribution in [0.3, 0.4) is 0 Å². The molecule has 0 aromatic heterocycles. The van der Waals surface area contributed by atoms with Crippen LogP contribution < -0.4 is 11.1 Å². The smallest absolute Gasteiger partial charge is 0.253 e. The van der Waals surface area contributed by atoms with Gasteiger partial charge in [-0.3, -0.25) is 4.79 Å². The van der Waals surface area contributed by atoms with Crippen LogP contribution in [0.25, 0.3) is 0 Å². The van der Waals surface area contributed by atoms with E-state index >= 15 is 0 Å². The molecular formula is C12H14FN3O. The number of amides is 1. The standard InChI is InChI=1S/C12H14FN3O/c1-12(2,6-14)7-16-11(17)9-4-3-8(13)5-10(9)15/h3-5H,7,15H2,1-2H3,(H,16,17). The van der Waals surface area contributed by atoms with Gasteiger partial charge in [-0.05, 0) is 32.0 Å². The largest absolute Gasteiger partial charge is 0.398 e. The van der Waals surface area contributed by atoms with Crippen molar-refractivity contribution in [1.82, 2.24) is 5.32 Å². The van der Waals surface area contributed by atoms with Gasteiger partial charge in [0.15, 0.2) is 0 Å². The lowest BCUT2D eigenvalue weighted by Gasteiger charge is -2.16. The number of rotatable bonds is 3. The number of nitriles is 1. The van der Waals surface area contributed by atoms with Crippen LogP contribution in [0.5, 0.6) is 0 Å². The number of nitrogens with two attached hydrogens (primary N) is 1. The molecule has 0 saturated carbocycles. The summed E-state index contributed by atoms with van der Waals surface area (Å²) in [6, 6.07) is 5.64. The molecule has 17 heavy (non-hydrogen) atoms. The monoisotopic (exact) mass is 235 g/mol. The molecule has 3 N–H and O–H groups in total. The van der Waals surface area contributed by atoms with Crippen LogP contribution in [0.1, 0.15) is 24.2 Å². The zero-order valence-corrected chi connectivity index (χ0v) is 9.75. The normalized spacial score (nSPS) is 10.7. The van der Waals surface area contributed by atoms with Crippen molar-refractivity contribution in [1.29, 1.82) is 5.26 Å². The minimum atomic E-state index is -0.648. The second-order valence-electron chi connectivity index (χ2n) is 4.41. The second-order valence-corrected chi connectivity index (χ2v) is 4.41. The molecule has 1 amide bonds. The fourth-order valence-corrected chi connectivity index (χ4v) is 1.18. The SMILES string of the molecule is CC(C)(C#N)CNC(=O)c1ccc(F)cc1N. The first-order chi connectivity index (χ1) is 7.85. The van der Waals surface area contributed by atoms with Crippen LogP contribution in [0.2, 0.25) is 0 Å². The number of nitrogens with zero attached hydrogens (tertiary/aromatic N) is 1. The van der Waals surface area contributed by atoms with Crippen molar-refractivity contribution in [2.75, 3.05) is 12.3 Å². The molecule has 0 saturated heterocycles. The first kappa shape index (κ1) is 13.0. The van der Waals surface area contributed by atoms with Gasteiger partial charge in [0.25, 0.3) is 5.91 Å². The number of carbonyl (C=O) groups excluding carboxylic acids is 1. The highest BCUT2D eigenvalue weighted by Gasteiger charge is 2.19. The molecule has 1 aromatic rings. The second kappa shape index (κ2) is 4.83. The van der Waals surface area contributed by atoms with Crippen molar-refractivity contribution in [2.24, 2.45) is 5.41 Å². The predicted octanol–water partition coefficient (Wildman–Crippen LogP) is 1.69. The Balaban J connectivity index is 2.75. The molecule has 0 aliphatic rings. The summed E-state index contributed by atoms with van der Waals surface area (Å²) in [6.07, 6.45) is 0. The van der Waals surface area contributed by atoms with Crippen LogP contribution >= 0.6 is 0 Å². The first-order valence-electron chi connectivity index (χ1n) is 5.10. The topological polar surface area (TPSA) is 78.9 Å². The van der Waals surface area contributed by atoms with Crippen molar-refractivity contribution in [2.45, 2.75) is 13.8 Å². The zero-order valence-electron chi connectivity index (χ0n) is 9.75. The highest BCUT2D eigenvalue weighted by molar-refractivity contribution is 5.99. The molecule has 1 rings (SSSR count). The number of anilines is 1. The Hall–Kier alpha value is -2.09. The van der Waals surface area contributed by atoms with Gasteiger partial charge in [-0.2, -0.15) is 5.26 Å². The van der Waals surface area contributed by atoms with E-state index in [1.165, 1.54) is 12.1 Å². The first-order valence-corrected chi connectivity index (χ1v) is 5.10. The molecule has 0 spiro atoms. The van der Waals surface area contributed by atoms with E-state index in [-0.39, 0.29) is 17.8 Å². The van der Waals surface area contributed by atoms with E-state index in [1.807, 2.05) is 0 Å². The van der Waals surface area contributed by atoms with Crippen LogP contribution in [0.4, 0.5) is 10.1 Å². The Kier molecular flexibility index (Phi) is 3.69. The zero-order chi connectivity index (χ0) is 13.1. The molecule has 1 aromatic carbocycles. The lowest BCUT2D eigenvalue weighted by Crippen LogP contribution is -2.33. The summed E-state index contributed by atoms with van der Waals surface area (Å²) in [4.78, 5) is 11.7. The van der Waals surface area contributed by atoms with Crippen molar-refractivity contribution in [3.8, 4) is 6.07 Å². The van der Waals surface area contributed by atoms with Gasteiger partial charge in [-0.1, -0.05) is 0 Å². The maximum absolute atomic E-state index is 12.8. The van der Waals surface area contributed by atoms with Gasteiger partial charge in [0.05, 0.1) is 17.0 Å². The molecule has 0 heterocycles. The number of halogens is 1. The number of carbonyl (C=O) groups is 1. The maximum atomic E-state index is 12.8. The van der Waals surface area contributed by atoms with E-state index in [4.69, 9.17) is 11.0 Å². The molecule has 90 valence electrons. The lowest BCUT2D eigenvalue weighted by atomic mass is 9.96. The number of hydrogen-bond donors (Lipinski definition) is 2. The number of hydrogen-bond acceptors (Lipinski definition) is 3.